The zero-order valence-electron chi connectivity index (χ0n) is 14.1. The quantitative estimate of drug-likeness (QED) is 0.797. The molecule has 1 amide bonds. The van der Waals surface area contributed by atoms with Crippen molar-refractivity contribution in [3.8, 4) is 0 Å². The van der Waals surface area contributed by atoms with Gasteiger partial charge in [0, 0.05) is 24.6 Å². The second kappa shape index (κ2) is 7.19. The van der Waals surface area contributed by atoms with Gasteiger partial charge in [-0.15, -0.1) is 10.2 Å². The van der Waals surface area contributed by atoms with E-state index in [0.717, 1.165) is 17.8 Å². The summed E-state index contributed by atoms with van der Waals surface area (Å²) in [5.41, 5.74) is 0.274. The van der Waals surface area contributed by atoms with E-state index in [0.29, 0.717) is 24.1 Å². The fraction of sp³-hybridized carbons (Fsp3) is 0.438. The van der Waals surface area contributed by atoms with Crippen molar-refractivity contribution in [2.75, 3.05) is 18.4 Å². The van der Waals surface area contributed by atoms with Crippen LogP contribution in [0.3, 0.4) is 0 Å². The molecule has 1 aliphatic carbocycles. The molecule has 0 saturated heterocycles. The van der Waals surface area contributed by atoms with Crippen molar-refractivity contribution >= 4 is 32.4 Å². The third-order valence-corrected chi connectivity index (χ3v) is 7.07. The van der Waals surface area contributed by atoms with Gasteiger partial charge in [-0.1, -0.05) is 31.3 Å². The summed E-state index contributed by atoms with van der Waals surface area (Å²) in [5.74, 6) is 0.0841. The summed E-state index contributed by atoms with van der Waals surface area (Å²) >= 11 is 1.37. The molecule has 1 heterocycles. The molecule has 0 spiro atoms. The van der Waals surface area contributed by atoms with Gasteiger partial charge in [-0.2, -0.15) is 4.31 Å². The van der Waals surface area contributed by atoms with Gasteiger partial charge in [-0.05, 0) is 31.0 Å². The molecule has 9 heteroatoms. The average molecular weight is 380 g/mol. The van der Waals surface area contributed by atoms with Crippen LogP contribution >= 0.6 is 11.3 Å². The van der Waals surface area contributed by atoms with Crippen molar-refractivity contribution in [1.82, 2.24) is 14.5 Å². The maximum absolute atomic E-state index is 12.6. The third-order valence-electron chi connectivity index (χ3n) is 4.03. The van der Waals surface area contributed by atoms with Gasteiger partial charge in [0.1, 0.15) is 5.01 Å². The summed E-state index contributed by atoms with van der Waals surface area (Å²) in [6.45, 7) is 4.32. The lowest BCUT2D eigenvalue weighted by Crippen LogP contribution is -2.30. The third kappa shape index (κ3) is 3.88. The highest BCUT2D eigenvalue weighted by atomic mass is 32.2. The minimum atomic E-state index is -3.60. The zero-order chi connectivity index (χ0) is 18.0. The molecule has 0 atom stereocenters. The fourth-order valence-corrected chi connectivity index (χ4v) is 4.87. The smallest absolute Gasteiger partial charge is 0.257 e. The highest BCUT2D eigenvalue weighted by molar-refractivity contribution is 7.89. The highest BCUT2D eigenvalue weighted by Crippen LogP contribution is 2.42. The van der Waals surface area contributed by atoms with Crippen LogP contribution in [0.25, 0.3) is 0 Å². The summed E-state index contributed by atoms with van der Waals surface area (Å²) in [6.07, 6.45) is 2.24. The molecular weight excluding hydrogens is 360 g/mol. The Kier molecular flexibility index (Phi) is 5.16. The fourth-order valence-electron chi connectivity index (χ4n) is 2.46. The van der Waals surface area contributed by atoms with Crippen molar-refractivity contribution in [1.29, 1.82) is 0 Å². The summed E-state index contributed by atoms with van der Waals surface area (Å²) in [4.78, 5) is 12.5. The van der Waals surface area contributed by atoms with E-state index in [1.165, 1.54) is 27.8 Å². The number of rotatable bonds is 7. The number of anilines is 1. The first-order valence-corrected chi connectivity index (χ1v) is 10.5. The minimum absolute atomic E-state index is 0.111. The van der Waals surface area contributed by atoms with E-state index in [4.69, 9.17) is 0 Å². The second-order valence-electron chi connectivity index (χ2n) is 5.79. The number of nitrogens with one attached hydrogen (secondary N) is 1. The summed E-state index contributed by atoms with van der Waals surface area (Å²) < 4.78 is 26.5. The van der Waals surface area contributed by atoms with Crippen LogP contribution < -0.4 is 5.32 Å². The van der Waals surface area contributed by atoms with Crippen LogP contribution in [0.5, 0.6) is 0 Å². The van der Waals surface area contributed by atoms with Crippen LogP contribution in [-0.4, -0.2) is 41.9 Å². The monoisotopic (exact) mass is 380 g/mol. The Hall–Kier alpha value is -1.84. The lowest BCUT2D eigenvalue weighted by molar-refractivity contribution is 0.102. The Morgan fingerprint density at radius 1 is 1.28 bits per heavy atom. The standard InChI is InChI=1S/C16H20N4O3S2/c1-3-20(4-2)25(22,23)13-7-5-6-12(10-13)14(21)17-16-19-18-15(24-16)11-8-9-11/h5-7,10-11H,3-4,8-9H2,1-2H3,(H,17,19,21). The Morgan fingerprint density at radius 2 is 2.00 bits per heavy atom. The molecule has 0 unspecified atom stereocenters. The van der Waals surface area contributed by atoms with Gasteiger partial charge < -0.3 is 0 Å². The minimum Gasteiger partial charge on any atom is -0.296 e. The summed E-state index contributed by atoms with van der Waals surface area (Å²) in [5, 5.41) is 12.1. The number of carbonyl (C=O) groups is 1. The summed E-state index contributed by atoms with van der Waals surface area (Å²) in [7, 11) is -3.60. The Morgan fingerprint density at radius 3 is 2.64 bits per heavy atom. The van der Waals surface area contributed by atoms with E-state index >= 15 is 0 Å². The molecule has 3 rings (SSSR count). The first-order chi connectivity index (χ1) is 12.0. The van der Waals surface area contributed by atoms with E-state index in [2.05, 4.69) is 15.5 Å². The number of aromatic nitrogens is 2. The Bertz CT molecular complexity index is 871. The number of nitrogens with zero attached hydrogens (tertiary/aromatic N) is 3. The zero-order valence-corrected chi connectivity index (χ0v) is 15.7. The molecule has 0 radical (unpaired) electrons. The maximum atomic E-state index is 12.6. The molecule has 7 nitrogen and oxygen atoms in total. The van der Waals surface area contributed by atoms with Crippen LogP contribution in [-0.2, 0) is 10.0 Å². The van der Waals surface area contributed by atoms with E-state index in [9.17, 15) is 13.2 Å². The van der Waals surface area contributed by atoms with Gasteiger partial charge >= 0.3 is 0 Å². The number of benzene rings is 1. The van der Waals surface area contributed by atoms with Gasteiger partial charge in [0.15, 0.2) is 0 Å². The van der Waals surface area contributed by atoms with Crippen molar-refractivity contribution in [2.45, 2.75) is 37.5 Å². The largest absolute Gasteiger partial charge is 0.296 e. The number of sulfonamides is 1. The molecule has 134 valence electrons. The normalized spacial score (nSPS) is 14.7. The average Bonchev–Trinajstić information content (AvgIpc) is 3.35. The molecule has 1 saturated carbocycles. The number of hydrogen-bond acceptors (Lipinski definition) is 6. The topological polar surface area (TPSA) is 92.3 Å². The number of amides is 1. The van der Waals surface area contributed by atoms with Gasteiger partial charge in [0.25, 0.3) is 5.91 Å². The highest BCUT2D eigenvalue weighted by Gasteiger charge is 2.28. The maximum Gasteiger partial charge on any atom is 0.257 e. The van der Waals surface area contributed by atoms with Gasteiger partial charge in [-0.3, -0.25) is 10.1 Å². The van der Waals surface area contributed by atoms with Gasteiger partial charge in [0.05, 0.1) is 4.90 Å². The van der Waals surface area contributed by atoms with Crippen LogP contribution in [0.2, 0.25) is 0 Å². The SMILES string of the molecule is CCN(CC)S(=O)(=O)c1cccc(C(=O)Nc2nnc(C3CC3)s2)c1. The second-order valence-corrected chi connectivity index (χ2v) is 8.74. The van der Waals surface area contributed by atoms with Gasteiger partial charge in [-0.25, -0.2) is 8.42 Å². The lowest BCUT2D eigenvalue weighted by Gasteiger charge is -2.18. The molecule has 1 N–H and O–H groups in total. The Balaban J connectivity index is 1.79. The van der Waals surface area contributed by atoms with Crippen molar-refractivity contribution in [2.24, 2.45) is 0 Å². The number of hydrogen-bond donors (Lipinski definition) is 1. The first kappa shape index (κ1) is 18.0. The van der Waals surface area contributed by atoms with Crippen LogP contribution in [0, 0.1) is 0 Å². The molecule has 1 aromatic heterocycles. The molecule has 1 aromatic carbocycles. The molecule has 0 bridgehead atoms. The molecular formula is C16H20N4O3S2. The van der Waals surface area contributed by atoms with Crippen molar-refractivity contribution < 1.29 is 13.2 Å². The Labute approximate surface area is 151 Å². The van der Waals surface area contributed by atoms with Crippen LogP contribution in [0.4, 0.5) is 5.13 Å². The van der Waals surface area contributed by atoms with E-state index < -0.39 is 15.9 Å². The predicted octanol–water partition coefficient (Wildman–Crippen LogP) is 2.70. The van der Waals surface area contributed by atoms with Crippen molar-refractivity contribution in [3.05, 3.63) is 34.8 Å². The molecule has 25 heavy (non-hydrogen) atoms. The molecule has 2 aromatic rings. The molecule has 1 aliphatic rings. The van der Waals surface area contributed by atoms with Crippen LogP contribution in [0.1, 0.15) is 48.0 Å². The molecule has 0 aliphatic heterocycles. The van der Waals surface area contributed by atoms with E-state index in [1.807, 2.05) is 0 Å². The van der Waals surface area contributed by atoms with E-state index in [1.54, 1.807) is 26.0 Å². The predicted molar refractivity (Wildman–Crippen MR) is 96.4 cm³/mol. The molecule has 1 fully saturated rings. The van der Waals surface area contributed by atoms with Crippen molar-refractivity contribution in [3.63, 3.8) is 0 Å². The first-order valence-electron chi connectivity index (χ1n) is 8.20. The van der Waals surface area contributed by atoms with Gasteiger partial charge in [0.2, 0.25) is 15.2 Å². The lowest BCUT2D eigenvalue weighted by atomic mass is 10.2. The summed E-state index contributed by atoms with van der Waals surface area (Å²) in [6, 6.07) is 6.05. The van der Waals surface area contributed by atoms with E-state index in [-0.39, 0.29) is 10.5 Å². The number of carbonyl (C=O) groups excluding carboxylic acids is 1. The van der Waals surface area contributed by atoms with Crippen LogP contribution in [0.15, 0.2) is 29.2 Å².